The van der Waals surface area contributed by atoms with Crippen molar-refractivity contribution in [1.29, 1.82) is 0 Å². The van der Waals surface area contributed by atoms with Crippen LogP contribution in [-0.2, 0) is 4.74 Å². The molecule has 0 radical (unpaired) electrons. The lowest BCUT2D eigenvalue weighted by atomic mass is 10.5. The molecule has 2 N–H and O–H groups in total. The molecule has 1 aliphatic rings. The van der Waals surface area contributed by atoms with E-state index >= 15 is 0 Å². The fourth-order valence-electron chi connectivity index (χ4n) is 0.952. The molecular formula is C6H13N3OS. The van der Waals surface area contributed by atoms with Crippen molar-refractivity contribution in [1.82, 2.24) is 15.5 Å². The van der Waals surface area contributed by atoms with Crippen LogP contribution in [0, 0.1) is 0 Å². The van der Waals surface area contributed by atoms with Gasteiger partial charge in [0.05, 0.1) is 6.73 Å². The molecule has 0 amide bonds. The van der Waals surface area contributed by atoms with Gasteiger partial charge in [-0.2, -0.15) is 0 Å². The first kappa shape index (κ1) is 8.70. The molecule has 1 atom stereocenters. The zero-order valence-electron chi connectivity index (χ0n) is 6.76. The molecule has 64 valence electrons. The van der Waals surface area contributed by atoms with Gasteiger partial charge in [0.25, 0.3) is 0 Å². The summed E-state index contributed by atoms with van der Waals surface area (Å²) in [6, 6.07) is 0. The molecule has 4 nitrogen and oxygen atoms in total. The highest BCUT2D eigenvalue weighted by atomic mass is 32.1. The Morgan fingerprint density at radius 3 is 3.00 bits per heavy atom. The third-order valence-corrected chi connectivity index (χ3v) is 2.16. The second kappa shape index (κ2) is 3.85. The van der Waals surface area contributed by atoms with Gasteiger partial charge in [-0.15, -0.1) is 0 Å². The van der Waals surface area contributed by atoms with Crippen LogP contribution in [-0.4, -0.2) is 43.6 Å². The minimum atomic E-state index is 0.0787. The molecule has 0 aromatic rings. The van der Waals surface area contributed by atoms with Gasteiger partial charge in [-0.1, -0.05) is 0 Å². The van der Waals surface area contributed by atoms with Crippen LogP contribution in [0.1, 0.15) is 0 Å². The standard InChI is InChI=1S/C6H13N3OS/c1-7-6(11)9(2)5-3-8-4-10-5/h5,8H,3-4H2,1-2H3,(H,7,11). The summed E-state index contributed by atoms with van der Waals surface area (Å²) in [6.07, 6.45) is 0.0787. The smallest absolute Gasteiger partial charge is 0.170 e. The molecule has 0 bridgehead atoms. The highest BCUT2D eigenvalue weighted by molar-refractivity contribution is 7.80. The van der Waals surface area contributed by atoms with Crippen molar-refractivity contribution in [3.05, 3.63) is 0 Å². The number of hydrogen-bond acceptors (Lipinski definition) is 3. The van der Waals surface area contributed by atoms with Gasteiger partial charge in [-0.05, 0) is 12.2 Å². The van der Waals surface area contributed by atoms with Crippen molar-refractivity contribution >= 4 is 17.3 Å². The highest BCUT2D eigenvalue weighted by Gasteiger charge is 2.20. The predicted octanol–water partition coefficient (Wildman–Crippen LogP) is -0.674. The Hall–Kier alpha value is -0.390. The molecule has 1 rings (SSSR count). The molecule has 0 aromatic heterocycles. The number of thiocarbonyl (C=S) groups is 1. The molecule has 0 saturated carbocycles. The number of hydrogen-bond donors (Lipinski definition) is 2. The van der Waals surface area contributed by atoms with E-state index in [1.54, 1.807) is 7.05 Å². The Morgan fingerprint density at radius 2 is 2.55 bits per heavy atom. The van der Waals surface area contributed by atoms with E-state index in [-0.39, 0.29) is 6.23 Å². The molecule has 1 fully saturated rings. The molecule has 11 heavy (non-hydrogen) atoms. The molecule has 1 unspecified atom stereocenters. The Labute approximate surface area is 71.9 Å². The lowest BCUT2D eigenvalue weighted by Gasteiger charge is -2.24. The van der Waals surface area contributed by atoms with Gasteiger partial charge in [0.1, 0.15) is 6.23 Å². The van der Waals surface area contributed by atoms with Crippen LogP contribution in [0.15, 0.2) is 0 Å². The van der Waals surface area contributed by atoms with E-state index in [2.05, 4.69) is 10.6 Å². The van der Waals surface area contributed by atoms with Crippen LogP contribution < -0.4 is 10.6 Å². The van der Waals surface area contributed by atoms with Crippen molar-refractivity contribution in [3.8, 4) is 0 Å². The summed E-state index contributed by atoms with van der Waals surface area (Å²) in [5.74, 6) is 0. The zero-order valence-corrected chi connectivity index (χ0v) is 7.57. The number of rotatable bonds is 1. The van der Waals surface area contributed by atoms with Gasteiger partial charge in [0.2, 0.25) is 0 Å². The van der Waals surface area contributed by atoms with Crippen LogP contribution in [0.4, 0.5) is 0 Å². The van der Waals surface area contributed by atoms with Crippen molar-refractivity contribution < 1.29 is 4.74 Å². The van der Waals surface area contributed by atoms with Gasteiger partial charge in [-0.25, -0.2) is 0 Å². The number of nitrogens with one attached hydrogen (secondary N) is 2. The van der Waals surface area contributed by atoms with Crippen molar-refractivity contribution in [3.63, 3.8) is 0 Å². The van der Waals surface area contributed by atoms with Crippen LogP contribution in [0.3, 0.4) is 0 Å². The van der Waals surface area contributed by atoms with E-state index in [0.29, 0.717) is 11.8 Å². The van der Waals surface area contributed by atoms with Crippen molar-refractivity contribution in [2.24, 2.45) is 0 Å². The predicted molar refractivity (Wildman–Crippen MR) is 47.2 cm³/mol. The van der Waals surface area contributed by atoms with E-state index < -0.39 is 0 Å². The Bertz CT molecular complexity index is 147. The van der Waals surface area contributed by atoms with Crippen LogP contribution in [0.2, 0.25) is 0 Å². The van der Waals surface area contributed by atoms with Gasteiger partial charge in [-0.3, -0.25) is 5.32 Å². The second-order valence-electron chi connectivity index (χ2n) is 2.39. The van der Waals surface area contributed by atoms with Crippen molar-refractivity contribution in [2.75, 3.05) is 27.4 Å². The first-order chi connectivity index (χ1) is 5.25. The van der Waals surface area contributed by atoms with Gasteiger partial charge in [0.15, 0.2) is 5.11 Å². The summed E-state index contributed by atoms with van der Waals surface area (Å²) in [5, 5.41) is 6.68. The minimum absolute atomic E-state index is 0.0787. The Kier molecular flexibility index (Phi) is 3.04. The third kappa shape index (κ3) is 2.02. The first-order valence-corrected chi connectivity index (χ1v) is 3.93. The fraction of sp³-hybridized carbons (Fsp3) is 0.833. The van der Waals surface area contributed by atoms with Crippen molar-refractivity contribution in [2.45, 2.75) is 6.23 Å². The minimum Gasteiger partial charge on any atom is -0.366 e. The molecule has 0 spiro atoms. The number of nitrogens with zero attached hydrogens (tertiary/aromatic N) is 1. The summed E-state index contributed by atoms with van der Waals surface area (Å²) in [7, 11) is 3.72. The number of likely N-dealkylation sites (N-methyl/N-ethyl adjacent to an activating group) is 1. The van der Waals surface area contributed by atoms with Gasteiger partial charge >= 0.3 is 0 Å². The molecule has 1 heterocycles. The van der Waals surface area contributed by atoms with E-state index in [0.717, 1.165) is 6.54 Å². The molecule has 0 aliphatic carbocycles. The van der Waals surface area contributed by atoms with E-state index in [4.69, 9.17) is 17.0 Å². The Morgan fingerprint density at radius 1 is 1.82 bits per heavy atom. The van der Waals surface area contributed by atoms with E-state index in [9.17, 15) is 0 Å². The molecule has 5 heteroatoms. The Balaban J connectivity index is 2.39. The van der Waals surface area contributed by atoms with Gasteiger partial charge < -0.3 is 15.0 Å². The van der Waals surface area contributed by atoms with E-state index in [1.807, 2.05) is 11.9 Å². The van der Waals surface area contributed by atoms with Crippen LogP contribution in [0.25, 0.3) is 0 Å². The summed E-state index contributed by atoms with van der Waals surface area (Å²) >= 11 is 5.02. The maximum atomic E-state index is 5.32. The summed E-state index contributed by atoms with van der Waals surface area (Å²) in [4.78, 5) is 1.90. The topological polar surface area (TPSA) is 36.5 Å². The lowest BCUT2D eigenvalue weighted by molar-refractivity contribution is 0.0376. The fourth-order valence-corrected chi connectivity index (χ4v) is 1.07. The maximum Gasteiger partial charge on any atom is 0.170 e. The second-order valence-corrected chi connectivity index (χ2v) is 2.77. The monoisotopic (exact) mass is 175 g/mol. The summed E-state index contributed by atoms with van der Waals surface area (Å²) in [5.41, 5.74) is 0. The molecule has 1 aliphatic heterocycles. The SMILES string of the molecule is CNC(=S)N(C)C1CNCO1. The summed E-state index contributed by atoms with van der Waals surface area (Å²) < 4.78 is 5.32. The lowest BCUT2D eigenvalue weighted by Crippen LogP contribution is -2.43. The van der Waals surface area contributed by atoms with Crippen LogP contribution in [0.5, 0.6) is 0 Å². The highest BCUT2D eigenvalue weighted by Crippen LogP contribution is 2.02. The molecular weight excluding hydrogens is 162 g/mol. The normalized spacial score (nSPS) is 23.3. The number of ether oxygens (including phenoxy) is 1. The third-order valence-electron chi connectivity index (χ3n) is 1.66. The average molecular weight is 175 g/mol. The van der Waals surface area contributed by atoms with Crippen LogP contribution >= 0.6 is 12.2 Å². The summed E-state index contributed by atoms with van der Waals surface area (Å²) in [6.45, 7) is 1.44. The molecule has 1 saturated heterocycles. The van der Waals surface area contributed by atoms with Gasteiger partial charge in [0, 0.05) is 20.6 Å². The molecule has 0 aromatic carbocycles. The first-order valence-electron chi connectivity index (χ1n) is 3.52. The van der Waals surface area contributed by atoms with E-state index in [1.165, 1.54) is 0 Å². The largest absolute Gasteiger partial charge is 0.366 e. The maximum absolute atomic E-state index is 5.32. The quantitative estimate of drug-likeness (QED) is 0.517. The average Bonchev–Trinajstić information content (AvgIpc) is 2.53. The zero-order chi connectivity index (χ0) is 8.27.